The number of aromatic nitrogens is 1. The molecule has 1 aromatic heterocycles. The van der Waals surface area contributed by atoms with E-state index in [1.54, 1.807) is 0 Å². The molecule has 0 aliphatic carbocycles. The minimum Gasteiger partial charge on any atom is -0.299 e. The van der Waals surface area contributed by atoms with Gasteiger partial charge in [0.25, 0.3) is 0 Å². The van der Waals surface area contributed by atoms with Crippen molar-refractivity contribution in [2.24, 2.45) is 0 Å². The zero-order valence-electron chi connectivity index (χ0n) is 10.5. The molecule has 0 radical (unpaired) electrons. The number of nitrogens with zero attached hydrogens (tertiary/aromatic N) is 1. The summed E-state index contributed by atoms with van der Waals surface area (Å²) in [5.74, 6) is 0. The van der Waals surface area contributed by atoms with Gasteiger partial charge < -0.3 is 0 Å². The van der Waals surface area contributed by atoms with Crippen molar-refractivity contribution >= 4 is 33.8 Å². The lowest BCUT2D eigenvalue weighted by atomic mass is 10.2. The van der Waals surface area contributed by atoms with Crippen LogP contribution in [0.5, 0.6) is 0 Å². The predicted molar refractivity (Wildman–Crippen MR) is 86.2 cm³/mol. The van der Waals surface area contributed by atoms with E-state index in [-0.39, 0.29) is 0 Å². The molecule has 3 aromatic rings. The smallest absolute Gasteiger partial charge is 0.202 e. The first-order valence-electron chi connectivity index (χ1n) is 6.10. The molecule has 0 aliphatic rings. The van der Waals surface area contributed by atoms with Crippen molar-refractivity contribution < 1.29 is 0 Å². The van der Waals surface area contributed by atoms with E-state index in [0.717, 1.165) is 22.1 Å². The molecule has 5 heteroatoms. The van der Waals surface area contributed by atoms with E-state index in [1.165, 1.54) is 11.3 Å². The summed E-state index contributed by atoms with van der Waals surface area (Å²) in [5, 5.41) is 3.49. The molecule has 20 heavy (non-hydrogen) atoms. The van der Waals surface area contributed by atoms with Crippen molar-refractivity contribution in [3.05, 3.63) is 65.0 Å². The van der Waals surface area contributed by atoms with Gasteiger partial charge in [0.15, 0.2) is 0 Å². The van der Waals surface area contributed by atoms with Crippen molar-refractivity contribution in [1.29, 1.82) is 0 Å². The number of benzene rings is 2. The molecule has 1 heterocycles. The second-order valence-corrected chi connectivity index (χ2v) is 5.40. The Hall–Kier alpha value is -2.04. The van der Waals surface area contributed by atoms with Crippen molar-refractivity contribution in [2.75, 3.05) is 10.9 Å². The van der Waals surface area contributed by atoms with E-state index in [2.05, 4.69) is 15.8 Å². The molecular formula is C15H12ClN3S. The predicted octanol–water partition coefficient (Wildman–Crippen LogP) is 4.90. The Kier molecular flexibility index (Phi) is 3.85. The molecule has 0 saturated heterocycles. The molecular weight excluding hydrogens is 290 g/mol. The maximum Gasteiger partial charge on any atom is 0.202 e. The Bertz CT molecular complexity index is 697. The van der Waals surface area contributed by atoms with Crippen molar-refractivity contribution in [2.45, 2.75) is 0 Å². The van der Waals surface area contributed by atoms with E-state index >= 15 is 0 Å². The first-order chi connectivity index (χ1) is 9.83. The second kappa shape index (κ2) is 5.94. The van der Waals surface area contributed by atoms with Crippen LogP contribution in [-0.4, -0.2) is 4.98 Å². The summed E-state index contributed by atoms with van der Waals surface area (Å²) in [6.45, 7) is 0. The van der Waals surface area contributed by atoms with Crippen LogP contribution in [0, 0.1) is 0 Å². The van der Waals surface area contributed by atoms with Gasteiger partial charge in [-0.05, 0) is 18.2 Å². The summed E-state index contributed by atoms with van der Waals surface area (Å²) in [7, 11) is 0. The van der Waals surface area contributed by atoms with Gasteiger partial charge in [-0.25, -0.2) is 4.98 Å². The first kappa shape index (κ1) is 13.0. The lowest BCUT2D eigenvalue weighted by molar-refractivity contribution is 1.33. The summed E-state index contributed by atoms with van der Waals surface area (Å²) in [5.41, 5.74) is 8.99. The summed E-state index contributed by atoms with van der Waals surface area (Å²) in [4.78, 5) is 4.52. The molecule has 0 amide bonds. The molecule has 3 rings (SSSR count). The fraction of sp³-hybridized carbons (Fsp3) is 0. The van der Waals surface area contributed by atoms with Crippen LogP contribution < -0.4 is 10.9 Å². The first-order valence-corrected chi connectivity index (χ1v) is 7.36. The van der Waals surface area contributed by atoms with Crippen LogP contribution in [-0.2, 0) is 0 Å². The van der Waals surface area contributed by atoms with E-state index in [4.69, 9.17) is 11.6 Å². The highest BCUT2D eigenvalue weighted by atomic mass is 35.5. The van der Waals surface area contributed by atoms with Crippen LogP contribution in [0.25, 0.3) is 11.3 Å². The fourth-order valence-electron chi connectivity index (χ4n) is 1.77. The number of hydrogen-bond acceptors (Lipinski definition) is 4. The topological polar surface area (TPSA) is 37.0 Å². The SMILES string of the molecule is Clc1ccccc1-c1csc(NNc2ccccc2)n1. The van der Waals surface area contributed by atoms with Crippen LogP contribution in [0.2, 0.25) is 5.02 Å². The van der Waals surface area contributed by atoms with Crippen LogP contribution in [0.3, 0.4) is 0 Å². The Morgan fingerprint density at radius 3 is 2.45 bits per heavy atom. The van der Waals surface area contributed by atoms with Crippen molar-refractivity contribution in [3.8, 4) is 11.3 Å². The molecule has 3 nitrogen and oxygen atoms in total. The van der Waals surface area contributed by atoms with Gasteiger partial charge in [-0.15, -0.1) is 11.3 Å². The largest absolute Gasteiger partial charge is 0.299 e. The zero-order valence-corrected chi connectivity index (χ0v) is 12.1. The number of anilines is 2. The number of rotatable bonds is 4. The molecule has 2 aromatic carbocycles. The van der Waals surface area contributed by atoms with Gasteiger partial charge in [0.1, 0.15) is 0 Å². The third-order valence-electron chi connectivity index (χ3n) is 2.74. The van der Waals surface area contributed by atoms with Crippen LogP contribution in [0.1, 0.15) is 0 Å². The lowest BCUT2D eigenvalue weighted by Crippen LogP contribution is -2.07. The van der Waals surface area contributed by atoms with E-state index in [1.807, 2.05) is 60.0 Å². The van der Waals surface area contributed by atoms with Gasteiger partial charge in [-0.1, -0.05) is 48.0 Å². The van der Waals surface area contributed by atoms with Gasteiger partial charge in [-0.3, -0.25) is 10.9 Å². The average molecular weight is 302 g/mol. The monoisotopic (exact) mass is 301 g/mol. The molecule has 0 aliphatic heterocycles. The number of nitrogens with one attached hydrogen (secondary N) is 2. The van der Waals surface area contributed by atoms with Gasteiger partial charge >= 0.3 is 0 Å². The lowest BCUT2D eigenvalue weighted by Gasteiger charge is -2.05. The Labute approximate surface area is 126 Å². The fourth-order valence-corrected chi connectivity index (χ4v) is 2.67. The maximum atomic E-state index is 6.17. The number of thiazole rings is 1. The summed E-state index contributed by atoms with van der Waals surface area (Å²) in [6, 6.07) is 17.6. The van der Waals surface area contributed by atoms with Gasteiger partial charge in [0.05, 0.1) is 11.4 Å². The summed E-state index contributed by atoms with van der Waals surface area (Å²) >= 11 is 7.70. The summed E-state index contributed by atoms with van der Waals surface area (Å²) in [6.07, 6.45) is 0. The highest BCUT2D eigenvalue weighted by Gasteiger charge is 2.07. The van der Waals surface area contributed by atoms with E-state index in [0.29, 0.717) is 5.02 Å². The molecule has 0 saturated carbocycles. The molecule has 0 fully saturated rings. The Morgan fingerprint density at radius 1 is 0.900 bits per heavy atom. The summed E-state index contributed by atoms with van der Waals surface area (Å²) < 4.78 is 0. The highest BCUT2D eigenvalue weighted by Crippen LogP contribution is 2.30. The number of halogens is 1. The number of hydrogen-bond donors (Lipinski definition) is 2. The van der Waals surface area contributed by atoms with Gasteiger partial charge in [0, 0.05) is 16.0 Å². The normalized spacial score (nSPS) is 10.2. The molecule has 0 bridgehead atoms. The van der Waals surface area contributed by atoms with E-state index < -0.39 is 0 Å². The number of hydrazine groups is 1. The van der Waals surface area contributed by atoms with Crippen molar-refractivity contribution in [1.82, 2.24) is 4.98 Å². The van der Waals surface area contributed by atoms with Crippen LogP contribution in [0.15, 0.2) is 60.0 Å². The standard InChI is InChI=1S/C15H12ClN3S/c16-13-9-5-4-8-12(13)14-10-20-15(17-14)19-18-11-6-2-1-3-7-11/h1-10,18H,(H,17,19). The molecule has 100 valence electrons. The number of para-hydroxylation sites is 1. The second-order valence-electron chi connectivity index (χ2n) is 4.13. The third kappa shape index (κ3) is 2.92. The molecule has 0 spiro atoms. The Balaban J connectivity index is 1.73. The third-order valence-corrected chi connectivity index (χ3v) is 3.83. The maximum absolute atomic E-state index is 6.17. The highest BCUT2D eigenvalue weighted by molar-refractivity contribution is 7.14. The quantitative estimate of drug-likeness (QED) is 0.673. The van der Waals surface area contributed by atoms with Crippen LogP contribution >= 0.6 is 22.9 Å². The minimum absolute atomic E-state index is 0.709. The minimum atomic E-state index is 0.709. The van der Waals surface area contributed by atoms with E-state index in [9.17, 15) is 0 Å². The van der Waals surface area contributed by atoms with Crippen molar-refractivity contribution in [3.63, 3.8) is 0 Å². The molecule has 2 N–H and O–H groups in total. The molecule has 0 atom stereocenters. The Morgan fingerprint density at radius 2 is 1.65 bits per heavy atom. The average Bonchev–Trinajstić information content (AvgIpc) is 2.95. The van der Waals surface area contributed by atoms with Gasteiger partial charge in [-0.2, -0.15) is 0 Å². The van der Waals surface area contributed by atoms with Crippen LogP contribution in [0.4, 0.5) is 10.8 Å². The molecule has 0 unspecified atom stereocenters. The van der Waals surface area contributed by atoms with Gasteiger partial charge in [0.2, 0.25) is 5.13 Å². The zero-order chi connectivity index (χ0) is 13.8.